The zero-order valence-corrected chi connectivity index (χ0v) is 9.51. The maximum absolute atomic E-state index is 13.6. The lowest BCUT2D eigenvalue weighted by molar-refractivity contribution is -0.121. The molecule has 1 amide bonds. The number of carbonyl (C=O) groups is 1. The second-order valence-electron chi connectivity index (χ2n) is 3.87. The van der Waals surface area contributed by atoms with Gasteiger partial charge in [-0.2, -0.15) is 5.26 Å². The number of hydrogen-bond acceptors (Lipinski definition) is 4. The van der Waals surface area contributed by atoms with Gasteiger partial charge in [0, 0.05) is 5.56 Å². The topological polar surface area (TPSA) is 107 Å². The predicted molar refractivity (Wildman–Crippen MR) is 60.5 cm³/mol. The third-order valence-electron chi connectivity index (χ3n) is 2.44. The Bertz CT molecular complexity index is 485. The number of aliphatic hydroxyl groups excluding tert-OH is 2. The monoisotopic (exact) mass is 252 g/mol. The number of halogens is 1. The highest BCUT2D eigenvalue weighted by molar-refractivity contribution is 5.74. The molecule has 0 aromatic heterocycles. The first kappa shape index (κ1) is 14.1. The van der Waals surface area contributed by atoms with Gasteiger partial charge < -0.3 is 15.9 Å². The van der Waals surface area contributed by atoms with Crippen molar-refractivity contribution in [1.82, 2.24) is 0 Å². The highest BCUT2D eigenvalue weighted by Gasteiger charge is 2.23. The van der Waals surface area contributed by atoms with E-state index in [1.54, 1.807) is 0 Å². The van der Waals surface area contributed by atoms with Gasteiger partial charge in [-0.1, -0.05) is 12.1 Å². The van der Waals surface area contributed by atoms with Crippen LogP contribution in [0.25, 0.3) is 0 Å². The van der Waals surface area contributed by atoms with Crippen molar-refractivity contribution < 1.29 is 19.4 Å². The quantitative estimate of drug-likeness (QED) is 0.693. The molecule has 0 saturated carbocycles. The lowest BCUT2D eigenvalue weighted by atomic mass is 9.99. The van der Waals surface area contributed by atoms with Gasteiger partial charge in [0.05, 0.1) is 25.0 Å². The van der Waals surface area contributed by atoms with Crippen molar-refractivity contribution in [2.45, 2.75) is 25.0 Å². The van der Waals surface area contributed by atoms with E-state index < -0.39 is 30.4 Å². The highest BCUT2D eigenvalue weighted by Crippen LogP contribution is 2.22. The van der Waals surface area contributed by atoms with E-state index in [4.69, 9.17) is 11.0 Å². The molecule has 0 saturated heterocycles. The summed E-state index contributed by atoms with van der Waals surface area (Å²) in [7, 11) is 0. The Morgan fingerprint density at radius 1 is 1.50 bits per heavy atom. The Hall–Kier alpha value is -1.97. The van der Waals surface area contributed by atoms with Crippen LogP contribution in [0.4, 0.5) is 4.39 Å². The minimum atomic E-state index is -1.53. The van der Waals surface area contributed by atoms with E-state index in [1.165, 1.54) is 12.1 Å². The van der Waals surface area contributed by atoms with Gasteiger partial charge in [0.25, 0.3) is 0 Å². The average molecular weight is 252 g/mol. The third kappa shape index (κ3) is 3.52. The summed E-state index contributed by atoms with van der Waals surface area (Å²) in [4.78, 5) is 10.6. The van der Waals surface area contributed by atoms with Gasteiger partial charge in [0.1, 0.15) is 11.9 Å². The number of hydrogen-bond donors (Lipinski definition) is 3. The second kappa shape index (κ2) is 6.10. The molecule has 0 aliphatic rings. The normalized spacial score (nSPS) is 13.7. The molecule has 2 atom stereocenters. The maximum atomic E-state index is 13.6. The van der Waals surface area contributed by atoms with Crippen LogP contribution < -0.4 is 5.73 Å². The van der Waals surface area contributed by atoms with Crippen LogP contribution in [0.2, 0.25) is 0 Å². The molecule has 2 unspecified atom stereocenters. The molecule has 6 heteroatoms. The van der Waals surface area contributed by atoms with Crippen molar-refractivity contribution in [3.63, 3.8) is 0 Å². The standard InChI is InChI=1S/C12H13FN2O3/c13-9-5-7(3-4-14)1-2-8(9)12(18)10(16)6-11(15)17/h1-2,5,10,12,16,18H,3,6H2,(H2,15,17). The second-order valence-corrected chi connectivity index (χ2v) is 3.87. The van der Waals surface area contributed by atoms with E-state index in [1.807, 2.05) is 6.07 Å². The number of nitrogens with zero attached hydrogens (tertiary/aromatic N) is 1. The Morgan fingerprint density at radius 2 is 2.17 bits per heavy atom. The lowest BCUT2D eigenvalue weighted by Crippen LogP contribution is -2.26. The van der Waals surface area contributed by atoms with Gasteiger partial charge >= 0.3 is 0 Å². The van der Waals surface area contributed by atoms with Crippen molar-refractivity contribution in [3.8, 4) is 6.07 Å². The summed E-state index contributed by atoms with van der Waals surface area (Å²) in [5, 5.41) is 27.6. The van der Waals surface area contributed by atoms with Crippen LogP contribution in [0.3, 0.4) is 0 Å². The number of aliphatic hydroxyl groups is 2. The van der Waals surface area contributed by atoms with Crippen LogP contribution >= 0.6 is 0 Å². The summed E-state index contributed by atoms with van der Waals surface area (Å²) in [6.07, 6.45) is -3.40. The molecule has 0 bridgehead atoms. The van der Waals surface area contributed by atoms with Crippen LogP contribution in [-0.2, 0) is 11.2 Å². The third-order valence-corrected chi connectivity index (χ3v) is 2.44. The fraction of sp³-hybridized carbons (Fsp3) is 0.333. The largest absolute Gasteiger partial charge is 0.390 e. The first-order valence-electron chi connectivity index (χ1n) is 5.25. The van der Waals surface area contributed by atoms with Crippen molar-refractivity contribution >= 4 is 5.91 Å². The maximum Gasteiger partial charge on any atom is 0.220 e. The summed E-state index contributed by atoms with van der Waals surface area (Å²) in [5.74, 6) is -1.53. The molecule has 0 aliphatic heterocycles. The smallest absolute Gasteiger partial charge is 0.220 e. The lowest BCUT2D eigenvalue weighted by Gasteiger charge is -2.17. The van der Waals surface area contributed by atoms with Crippen molar-refractivity contribution in [1.29, 1.82) is 5.26 Å². The molecule has 96 valence electrons. The zero-order valence-electron chi connectivity index (χ0n) is 9.51. The van der Waals surface area contributed by atoms with E-state index in [9.17, 15) is 19.4 Å². The molecule has 1 aromatic carbocycles. The molecular formula is C12H13FN2O3. The number of carbonyl (C=O) groups excluding carboxylic acids is 1. The summed E-state index contributed by atoms with van der Waals surface area (Å²) >= 11 is 0. The molecule has 1 rings (SSSR count). The van der Waals surface area contributed by atoms with Gasteiger partial charge in [-0.15, -0.1) is 0 Å². The molecule has 5 nitrogen and oxygen atoms in total. The molecule has 0 radical (unpaired) electrons. The predicted octanol–water partition coefficient (Wildman–Crippen LogP) is 0.161. The molecular weight excluding hydrogens is 239 g/mol. The number of nitrogens with two attached hydrogens (primary N) is 1. The van der Waals surface area contributed by atoms with Crippen molar-refractivity contribution in [3.05, 3.63) is 35.1 Å². The van der Waals surface area contributed by atoms with Crippen LogP contribution in [0.5, 0.6) is 0 Å². The summed E-state index contributed by atoms with van der Waals surface area (Å²) in [6.45, 7) is 0. The Morgan fingerprint density at radius 3 is 2.67 bits per heavy atom. The fourth-order valence-corrected chi connectivity index (χ4v) is 1.54. The molecule has 0 fully saturated rings. The Labute approximate surface area is 103 Å². The molecule has 18 heavy (non-hydrogen) atoms. The number of amides is 1. The van der Waals surface area contributed by atoms with E-state index >= 15 is 0 Å². The summed E-state index contributed by atoms with van der Waals surface area (Å²) < 4.78 is 13.6. The molecule has 0 heterocycles. The van der Waals surface area contributed by atoms with Gasteiger partial charge in [0.2, 0.25) is 5.91 Å². The van der Waals surface area contributed by atoms with E-state index in [0.29, 0.717) is 5.56 Å². The molecule has 4 N–H and O–H groups in total. The number of benzene rings is 1. The van der Waals surface area contributed by atoms with E-state index in [-0.39, 0.29) is 12.0 Å². The van der Waals surface area contributed by atoms with Crippen LogP contribution in [-0.4, -0.2) is 22.2 Å². The van der Waals surface area contributed by atoms with Gasteiger partial charge in [0.15, 0.2) is 0 Å². The van der Waals surface area contributed by atoms with Crippen molar-refractivity contribution in [2.75, 3.05) is 0 Å². The summed E-state index contributed by atoms with van der Waals surface area (Å²) in [6, 6.07) is 5.73. The first-order chi connectivity index (χ1) is 8.45. The van der Waals surface area contributed by atoms with E-state index in [2.05, 4.69) is 0 Å². The van der Waals surface area contributed by atoms with Gasteiger partial charge in [-0.05, 0) is 11.6 Å². The SMILES string of the molecule is N#CCc1ccc(C(O)C(O)CC(N)=O)c(F)c1. The minimum Gasteiger partial charge on any atom is -0.390 e. The van der Waals surface area contributed by atoms with Crippen LogP contribution in [0, 0.1) is 17.1 Å². The van der Waals surface area contributed by atoms with Crippen LogP contribution in [0.1, 0.15) is 23.7 Å². The highest BCUT2D eigenvalue weighted by atomic mass is 19.1. The molecule has 1 aromatic rings. The number of primary amides is 1. The van der Waals surface area contributed by atoms with Crippen LogP contribution in [0.15, 0.2) is 18.2 Å². The Kier molecular flexibility index (Phi) is 4.77. The van der Waals surface area contributed by atoms with Gasteiger partial charge in [-0.3, -0.25) is 4.79 Å². The number of nitriles is 1. The number of rotatable bonds is 5. The fourth-order valence-electron chi connectivity index (χ4n) is 1.54. The summed E-state index contributed by atoms with van der Waals surface area (Å²) in [5.41, 5.74) is 5.21. The zero-order chi connectivity index (χ0) is 13.7. The van der Waals surface area contributed by atoms with E-state index in [0.717, 1.165) is 6.07 Å². The average Bonchev–Trinajstić information content (AvgIpc) is 2.28. The minimum absolute atomic E-state index is 0.0527. The van der Waals surface area contributed by atoms with Crippen molar-refractivity contribution in [2.24, 2.45) is 5.73 Å². The van der Waals surface area contributed by atoms with Gasteiger partial charge in [-0.25, -0.2) is 4.39 Å². The molecule has 0 spiro atoms. The Balaban J connectivity index is 2.89. The first-order valence-corrected chi connectivity index (χ1v) is 5.25. The molecule has 0 aliphatic carbocycles.